The fourth-order valence-electron chi connectivity index (χ4n) is 11.0. The van der Waals surface area contributed by atoms with Gasteiger partial charge in [0.05, 0.1) is 22.4 Å². The zero-order valence-electron chi connectivity index (χ0n) is 34.4. The Morgan fingerprint density at radius 3 is 1.73 bits per heavy atom. The molecule has 1 heterocycles. The molecule has 0 aliphatic heterocycles. The van der Waals surface area contributed by atoms with Gasteiger partial charge in [0, 0.05) is 38.5 Å². The largest absolute Gasteiger partial charge is 0.309 e. The molecule has 0 saturated heterocycles. The molecule has 12 rings (SSSR count). The molecular formula is C58H44N2. The minimum Gasteiger partial charge on any atom is -0.309 e. The first-order valence-corrected chi connectivity index (χ1v) is 21.2. The van der Waals surface area contributed by atoms with E-state index in [4.69, 9.17) is 0 Å². The van der Waals surface area contributed by atoms with E-state index >= 15 is 0 Å². The van der Waals surface area contributed by atoms with Crippen LogP contribution in [0.2, 0.25) is 0 Å². The van der Waals surface area contributed by atoms with Gasteiger partial charge in [-0.3, -0.25) is 0 Å². The van der Waals surface area contributed by atoms with E-state index in [0.29, 0.717) is 0 Å². The quantitative estimate of drug-likeness (QED) is 0.169. The Balaban J connectivity index is 1.16. The fourth-order valence-corrected chi connectivity index (χ4v) is 11.0. The highest BCUT2D eigenvalue weighted by Crippen LogP contribution is 2.58. The van der Waals surface area contributed by atoms with Gasteiger partial charge in [-0.1, -0.05) is 173 Å². The number of anilines is 3. The normalized spacial score (nSPS) is 14.3. The van der Waals surface area contributed by atoms with Gasteiger partial charge in [0.1, 0.15) is 0 Å². The first-order chi connectivity index (χ1) is 29.3. The third kappa shape index (κ3) is 4.82. The van der Waals surface area contributed by atoms with Crippen LogP contribution < -0.4 is 4.90 Å². The van der Waals surface area contributed by atoms with Crippen molar-refractivity contribution in [3.63, 3.8) is 0 Å². The number of fused-ring (bicyclic) bond motifs is 10. The molecule has 0 radical (unpaired) electrons. The molecule has 0 spiro atoms. The number of rotatable bonds is 5. The summed E-state index contributed by atoms with van der Waals surface area (Å²) in [7, 11) is 0. The fraction of sp³-hybridized carbons (Fsp3) is 0.103. The summed E-state index contributed by atoms with van der Waals surface area (Å²) in [6.07, 6.45) is 0. The maximum absolute atomic E-state index is 2.59. The van der Waals surface area contributed by atoms with E-state index in [1.165, 1.54) is 99.6 Å². The SMILES string of the molecule is CC1(C)c2ccccc2-c2c(N(c3cc(-c4ccccc4)c4cc(-n5c6ccccc6c6ccccc65)ccc4c3)c3cccc4c3C(C)(C)c3ccccc3-4)cccc21. The van der Waals surface area contributed by atoms with Crippen molar-refractivity contribution < 1.29 is 0 Å². The summed E-state index contributed by atoms with van der Waals surface area (Å²) in [5, 5.41) is 4.95. The summed E-state index contributed by atoms with van der Waals surface area (Å²) in [5.74, 6) is 0. The predicted octanol–water partition coefficient (Wildman–Crippen LogP) is 15.7. The van der Waals surface area contributed by atoms with E-state index in [0.717, 1.165) is 11.4 Å². The maximum atomic E-state index is 2.59. The number of para-hydroxylation sites is 2. The van der Waals surface area contributed by atoms with Gasteiger partial charge in [0.25, 0.3) is 0 Å². The van der Waals surface area contributed by atoms with Gasteiger partial charge >= 0.3 is 0 Å². The van der Waals surface area contributed by atoms with Gasteiger partial charge in [0.2, 0.25) is 0 Å². The van der Waals surface area contributed by atoms with Gasteiger partial charge in [-0.2, -0.15) is 0 Å². The van der Waals surface area contributed by atoms with E-state index in [1.807, 2.05) is 0 Å². The standard InChI is InChI=1S/C58H44N2/c1-57(2)49-26-13-9-23-45(49)55-50(57)27-17-30-53(55)60(54-31-16-24-44-41-20-8-12-25-48(41)58(3,4)56(44)54)40-34-38-32-33-39(35-47(38)46(36-40)37-18-6-5-7-19-37)59-51-28-14-10-21-42(51)43-22-11-15-29-52(43)59/h5-36H,1-4H3. The van der Waals surface area contributed by atoms with Crippen LogP contribution in [0.4, 0.5) is 17.1 Å². The van der Waals surface area contributed by atoms with Gasteiger partial charge in [0.15, 0.2) is 0 Å². The summed E-state index contributed by atoms with van der Waals surface area (Å²) in [6.45, 7) is 9.56. The topological polar surface area (TPSA) is 8.17 Å². The van der Waals surface area contributed by atoms with E-state index in [9.17, 15) is 0 Å². The Kier molecular flexibility index (Phi) is 7.36. The molecule has 2 nitrogen and oxygen atoms in total. The van der Waals surface area contributed by atoms with Crippen LogP contribution in [-0.2, 0) is 10.8 Å². The van der Waals surface area contributed by atoms with Crippen molar-refractivity contribution >= 4 is 49.6 Å². The van der Waals surface area contributed by atoms with Crippen molar-refractivity contribution in [2.75, 3.05) is 4.90 Å². The van der Waals surface area contributed by atoms with Gasteiger partial charge in [-0.05, 0) is 109 Å². The third-order valence-electron chi connectivity index (χ3n) is 13.7. The molecule has 286 valence electrons. The molecule has 0 unspecified atom stereocenters. The minimum absolute atomic E-state index is 0.135. The summed E-state index contributed by atoms with van der Waals surface area (Å²) in [4.78, 5) is 2.59. The number of aromatic nitrogens is 1. The minimum atomic E-state index is -0.216. The molecule has 0 bridgehead atoms. The van der Waals surface area contributed by atoms with Crippen LogP contribution in [0, 0.1) is 0 Å². The molecule has 0 atom stereocenters. The van der Waals surface area contributed by atoms with Crippen molar-refractivity contribution in [3.8, 4) is 39.1 Å². The second-order valence-corrected chi connectivity index (χ2v) is 17.7. The summed E-state index contributed by atoms with van der Waals surface area (Å²) in [5.41, 5.74) is 19.9. The van der Waals surface area contributed by atoms with Crippen molar-refractivity contribution in [1.82, 2.24) is 4.57 Å². The monoisotopic (exact) mass is 768 g/mol. The number of hydrogen-bond donors (Lipinski definition) is 0. The molecule has 2 aliphatic rings. The summed E-state index contributed by atoms with van der Waals surface area (Å²) in [6, 6.07) is 72.4. The lowest BCUT2D eigenvalue weighted by molar-refractivity contribution is 0.659. The van der Waals surface area contributed by atoms with Crippen molar-refractivity contribution in [2.24, 2.45) is 0 Å². The smallest absolute Gasteiger partial charge is 0.0543 e. The van der Waals surface area contributed by atoms with Crippen molar-refractivity contribution in [1.29, 1.82) is 0 Å². The average Bonchev–Trinajstić information content (AvgIpc) is 3.84. The predicted molar refractivity (Wildman–Crippen MR) is 254 cm³/mol. The zero-order chi connectivity index (χ0) is 40.3. The van der Waals surface area contributed by atoms with Crippen molar-refractivity contribution in [3.05, 3.63) is 216 Å². The van der Waals surface area contributed by atoms with Gasteiger partial charge in [-0.25, -0.2) is 0 Å². The zero-order valence-corrected chi connectivity index (χ0v) is 34.4. The summed E-state index contributed by atoms with van der Waals surface area (Å²) >= 11 is 0. The van der Waals surface area contributed by atoms with Gasteiger partial charge in [-0.15, -0.1) is 0 Å². The molecule has 0 saturated carbocycles. The molecule has 0 fully saturated rings. The summed E-state index contributed by atoms with van der Waals surface area (Å²) < 4.78 is 2.43. The Labute approximate surface area is 351 Å². The van der Waals surface area contributed by atoms with Crippen LogP contribution in [0.15, 0.2) is 194 Å². The first-order valence-electron chi connectivity index (χ1n) is 21.2. The molecule has 10 aromatic rings. The lowest BCUT2D eigenvalue weighted by Crippen LogP contribution is -2.21. The van der Waals surface area contributed by atoms with E-state index in [2.05, 4.69) is 231 Å². The van der Waals surface area contributed by atoms with Crippen LogP contribution in [0.1, 0.15) is 49.9 Å². The molecular weight excluding hydrogens is 725 g/mol. The Hall–Kier alpha value is -7.16. The number of hydrogen-bond acceptors (Lipinski definition) is 1. The van der Waals surface area contributed by atoms with Crippen LogP contribution in [0.25, 0.3) is 71.6 Å². The highest BCUT2D eigenvalue weighted by atomic mass is 15.2. The molecule has 2 aliphatic carbocycles. The molecule has 60 heavy (non-hydrogen) atoms. The molecule has 2 heteroatoms. The van der Waals surface area contributed by atoms with Crippen LogP contribution in [0.5, 0.6) is 0 Å². The number of benzene rings is 9. The Morgan fingerprint density at radius 2 is 0.983 bits per heavy atom. The lowest BCUT2D eigenvalue weighted by atomic mass is 9.81. The van der Waals surface area contributed by atoms with Crippen LogP contribution >= 0.6 is 0 Å². The van der Waals surface area contributed by atoms with Crippen LogP contribution in [0.3, 0.4) is 0 Å². The Bertz CT molecular complexity index is 3330. The highest BCUT2D eigenvalue weighted by Gasteiger charge is 2.41. The van der Waals surface area contributed by atoms with E-state index in [1.54, 1.807) is 0 Å². The third-order valence-corrected chi connectivity index (χ3v) is 13.7. The van der Waals surface area contributed by atoms with Crippen LogP contribution in [-0.4, -0.2) is 4.57 Å². The highest BCUT2D eigenvalue weighted by molar-refractivity contribution is 6.10. The second kappa shape index (κ2) is 12.7. The average molecular weight is 769 g/mol. The van der Waals surface area contributed by atoms with Gasteiger partial charge < -0.3 is 9.47 Å². The second-order valence-electron chi connectivity index (χ2n) is 17.7. The molecule has 9 aromatic carbocycles. The number of nitrogens with zero attached hydrogens (tertiary/aromatic N) is 2. The molecule has 0 amide bonds. The maximum Gasteiger partial charge on any atom is 0.0543 e. The van der Waals surface area contributed by atoms with E-state index in [-0.39, 0.29) is 10.8 Å². The molecule has 1 aromatic heterocycles. The van der Waals surface area contributed by atoms with Crippen molar-refractivity contribution in [2.45, 2.75) is 38.5 Å². The van der Waals surface area contributed by atoms with E-state index < -0.39 is 0 Å². The Morgan fingerprint density at radius 1 is 0.400 bits per heavy atom. The lowest BCUT2D eigenvalue weighted by Gasteiger charge is -2.34. The first kappa shape index (κ1) is 34.8. The molecule has 0 N–H and O–H groups in total.